The molecule has 0 amide bonds. The van der Waals surface area contributed by atoms with E-state index in [1.807, 2.05) is 0 Å². The molecule has 0 fully saturated rings. The van der Waals surface area contributed by atoms with Gasteiger partial charge in [0.25, 0.3) is 0 Å². The molecule has 132 valence electrons. The average Bonchev–Trinajstić information content (AvgIpc) is 2.44. The van der Waals surface area contributed by atoms with Crippen LogP contribution >= 0.6 is 0 Å². The van der Waals surface area contributed by atoms with Gasteiger partial charge in [0.2, 0.25) is 0 Å². The Bertz CT molecular complexity index is 634. The topological polar surface area (TPSA) is 125 Å². The zero-order chi connectivity index (χ0) is 18.5. The van der Waals surface area contributed by atoms with Crippen molar-refractivity contribution in [3.63, 3.8) is 0 Å². The summed E-state index contributed by atoms with van der Waals surface area (Å²) in [6, 6.07) is 4.16. The molecule has 0 heterocycles. The Balaban J connectivity index is 3.11. The summed E-state index contributed by atoms with van der Waals surface area (Å²) in [5.41, 5.74) is 5.36. The lowest BCUT2D eigenvalue weighted by Crippen LogP contribution is -2.32. The van der Waals surface area contributed by atoms with Gasteiger partial charge in [-0.25, -0.2) is 4.79 Å². The van der Waals surface area contributed by atoms with E-state index in [4.69, 9.17) is 20.3 Å². The number of aliphatic carboxylic acids is 1. The summed E-state index contributed by atoms with van der Waals surface area (Å²) in [5, 5.41) is 8.61. The van der Waals surface area contributed by atoms with E-state index in [9.17, 15) is 14.4 Å². The minimum atomic E-state index is -1.30. The van der Waals surface area contributed by atoms with Crippen LogP contribution in [-0.4, -0.2) is 42.3 Å². The molecule has 0 aliphatic heterocycles. The van der Waals surface area contributed by atoms with Crippen LogP contribution in [0.5, 0.6) is 5.75 Å². The fraction of sp³-hybridized carbons (Fsp3) is 0.438. The second-order valence-electron chi connectivity index (χ2n) is 5.97. The summed E-state index contributed by atoms with van der Waals surface area (Å²) < 4.78 is 14.9. The van der Waals surface area contributed by atoms with Gasteiger partial charge in [-0.05, 0) is 38.5 Å². The summed E-state index contributed by atoms with van der Waals surface area (Å²) >= 11 is 0. The van der Waals surface area contributed by atoms with E-state index in [1.165, 1.54) is 18.2 Å². The largest absolute Gasteiger partial charge is 0.480 e. The third-order valence-corrected chi connectivity index (χ3v) is 2.80. The molecule has 24 heavy (non-hydrogen) atoms. The number of carbonyl (C=O) groups is 3. The zero-order valence-corrected chi connectivity index (χ0v) is 14.0. The van der Waals surface area contributed by atoms with Crippen molar-refractivity contribution in [3.05, 3.63) is 23.8 Å². The second-order valence-corrected chi connectivity index (χ2v) is 5.97. The Morgan fingerprint density at radius 3 is 2.29 bits per heavy atom. The molecule has 0 saturated carbocycles. The molecule has 0 aliphatic rings. The van der Waals surface area contributed by atoms with E-state index in [0.717, 1.165) is 7.11 Å². The maximum atomic E-state index is 12.3. The third-order valence-electron chi connectivity index (χ3n) is 2.80. The molecule has 1 atom stereocenters. The van der Waals surface area contributed by atoms with Crippen molar-refractivity contribution in [3.8, 4) is 5.75 Å². The molecule has 1 unspecified atom stereocenters. The molecule has 8 nitrogen and oxygen atoms in total. The van der Waals surface area contributed by atoms with Gasteiger partial charge in [-0.2, -0.15) is 0 Å². The van der Waals surface area contributed by atoms with Gasteiger partial charge < -0.3 is 25.1 Å². The number of nitrogen functional groups attached to an aromatic ring is 1. The first-order chi connectivity index (χ1) is 11.0. The van der Waals surface area contributed by atoms with Crippen LogP contribution in [0.25, 0.3) is 0 Å². The van der Waals surface area contributed by atoms with Gasteiger partial charge in [-0.1, -0.05) is 6.07 Å². The first-order valence-electron chi connectivity index (χ1n) is 7.10. The molecule has 1 aromatic carbocycles. The van der Waals surface area contributed by atoms with E-state index in [0.29, 0.717) is 0 Å². The van der Waals surface area contributed by atoms with Crippen LogP contribution in [0, 0.1) is 0 Å². The molecule has 0 bridgehead atoms. The first kappa shape index (κ1) is 19.3. The highest BCUT2D eigenvalue weighted by Crippen LogP contribution is 2.29. The SMILES string of the molecule is COC(=O)C(C(=O)OC(C)(C)C)c1ccc(OCC(=O)O)c(N)c1. The lowest BCUT2D eigenvalue weighted by molar-refractivity contribution is -0.163. The molecule has 3 N–H and O–H groups in total. The summed E-state index contributed by atoms with van der Waals surface area (Å²) in [7, 11) is 1.16. The molecule has 0 radical (unpaired) electrons. The molecular formula is C16H21NO7. The van der Waals surface area contributed by atoms with Crippen LogP contribution in [0.1, 0.15) is 32.3 Å². The number of hydrogen-bond acceptors (Lipinski definition) is 7. The van der Waals surface area contributed by atoms with Gasteiger partial charge in [0.15, 0.2) is 12.5 Å². The minimum absolute atomic E-state index is 0.0891. The minimum Gasteiger partial charge on any atom is -0.480 e. The molecule has 0 saturated heterocycles. The van der Waals surface area contributed by atoms with E-state index < -0.39 is 36.0 Å². The number of ether oxygens (including phenoxy) is 3. The lowest BCUT2D eigenvalue weighted by atomic mass is 9.98. The van der Waals surface area contributed by atoms with E-state index in [2.05, 4.69) is 4.74 Å². The van der Waals surface area contributed by atoms with Crippen LogP contribution in [0.4, 0.5) is 5.69 Å². The summed E-state index contributed by atoms with van der Waals surface area (Å²) in [5.74, 6) is -3.88. The number of hydrogen-bond donors (Lipinski definition) is 2. The van der Waals surface area contributed by atoms with Crippen LogP contribution in [-0.2, 0) is 23.9 Å². The highest BCUT2D eigenvalue weighted by Gasteiger charge is 2.34. The van der Waals surface area contributed by atoms with E-state index in [-0.39, 0.29) is 17.0 Å². The standard InChI is InChI=1S/C16H21NO7/c1-16(2,3)24-15(21)13(14(20)22-4)9-5-6-11(10(17)7-9)23-8-12(18)19/h5-7,13H,8,17H2,1-4H3,(H,18,19). The quantitative estimate of drug-likeness (QED) is 0.452. The highest BCUT2D eigenvalue weighted by molar-refractivity contribution is 6.01. The Hall–Kier alpha value is -2.77. The number of carbonyl (C=O) groups excluding carboxylic acids is 2. The Kier molecular flexibility index (Phi) is 6.16. The molecule has 0 aliphatic carbocycles. The fourth-order valence-corrected chi connectivity index (χ4v) is 1.86. The maximum Gasteiger partial charge on any atom is 0.341 e. The van der Waals surface area contributed by atoms with Crippen LogP contribution < -0.4 is 10.5 Å². The number of anilines is 1. The van der Waals surface area contributed by atoms with Crippen molar-refractivity contribution < 1.29 is 33.7 Å². The Labute approximate surface area is 139 Å². The number of rotatable bonds is 6. The monoisotopic (exact) mass is 339 g/mol. The highest BCUT2D eigenvalue weighted by atomic mass is 16.6. The van der Waals surface area contributed by atoms with Crippen molar-refractivity contribution >= 4 is 23.6 Å². The first-order valence-corrected chi connectivity index (χ1v) is 7.10. The molecule has 8 heteroatoms. The van der Waals surface area contributed by atoms with Crippen molar-refractivity contribution in [1.82, 2.24) is 0 Å². The fourth-order valence-electron chi connectivity index (χ4n) is 1.86. The number of methoxy groups -OCH3 is 1. The van der Waals surface area contributed by atoms with Crippen molar-refractivity contribution in [2.24, 2.45) is 0 Å². The number of esters is 2. The zero-order valence-electron chi connectivity index (χ0n) is 14.0. The van der Waals surface area contributed by atoms with E-state index >= 15 is 0 Å². The molecule has 1 rings (SSSR count). The predicted molar refractivity (Wildman–Crippen MR) is 84.6 cm³/mol. The van der Waals surface area contributed by atoms with Crippen LogP contribution in [0.3, 0.4) is 0 Å². The normalized spacial score (nSPS) is 12.2. The smallest absolute Gasteiger partial charge is 0.341 e. The number of nitrogens with two attached hydrogens (primary N) is 1. The predicted octanol–water partition coefficient (Wildman–Crippen LogP) is 1.33. The van der Waals surface area contributed by atoms with Gasteiger partial charge in [-0.3, -0.25) is 9.59 Å². The Morgan fingerprint density at radius 1 is 1.21 bits per heavy atom. The average molecular weight is 339 g/mol. The molecule has 1 aromatic rings. The Morgan fingerprint density at radius 2 is 1.83 bits per heavy atom. The van der Waals surface area contributed by atoms with E-state index in [1.54, 1.807) is 20.8 Å². The number of benzene rings is 1. The van der Waals surface area contributed by atoms with Gasteiger partial charge >= 0.3 is 17.9 Å². The van der Waals surface area contributed by atoms with Crippen LogP contribution in [0.2, 0.25) is 0 Å². The van der Waals surface area contributed by atoms with Gasteiger partial charge in [0.1, 0.15) is 11.4 Å². The van der Waals surface area contributed by atoms with Crippen LogP contribution in [0.15, 0.2) is 18.2 Å². The number of carboxylic acid groups (broad SMARTS) is 1. The third kappa shape index (κ3) is 5.45. The molecule has 0 spiro atoms. The van der Waals surface area contributed by atoms with Crippen molar-refractivity contribution in [2.75, 3.05) is 19.5 Å². The maximum absolute atomic E-state index is 12.3. The molecule has 0 aromatic heterocycles. The summed E-state index contributed by atoms with van der Waals surface area (Å²) in [4.78, 5) is 34.8. The van der Waals surface area contributed by atoms with Gasteiger partial charge in [0, 0.05) is 0 Å². The van der Waals surface area contributed by atoms with Gasteiger partial charge in [0.05, 0.1) is 12.8 Å². The van der Waals surface area contributed by atoms with Crippen molar-refractivity contribution in [1.29, 1.82) is 0 Å². The summed E-state index contributed by atoms with van der Waals surface area (Å²) in [6.45, 7) is 4.47. The second kappa shape index (κ2) is 7.67. The molecular weight excluding hydrogens is 318 g/mol. The van der Waals surface area contributed by atoms with Crippen molar-refractivity contribution in [2.45, 2.75) is 32.3 Å². The lowest BCUT2D eigenvalue weighted by Gasteiger charge is -2.23. The summed E-state index contributed by atoms with van der Waals surface area (Å²) in [6.07, 6.45) is 0. The van der Waals surface area contributed by atoms with Gasteiger partial charge in [-0.15, -0.1) is 0 Å². The number of carboxylic acids is 1.